The zero-order valence-electron chi connectivity index (χ0n) is 10.6. The van der Waals surface area contributed by atoms with Crippen molar-refractivity contribution in [2.45, 2.75) is 6.42 Å². The molecule has 92 valence electrons. The molecule has 1 heterocycles. The second-order valence-corrected chi connectivity index (χ2v) is 5.01. The van der Waals surface area contributed by atoms with E-state index < -0.39 is 0 Å². The Morgan fingerprint density at radius 3 is 2.65 bits per heavy atom. The summed E-state index contributed by atoms with van der Waals surface area (Å²) in [5.41, 5.74) is 1.92. The molecule has 1 aliphatic heterocycles. The number of likely N-dealkylation sites (tertiary alicyclic amines) is 1. The van der Waals surface area contributed by atoms with Gasteiger partial charge in [0.05, 0.1) is 0 Å². The van der Waals surface area contributed by atoms with Crippen LogP contribution in [-0.4, -0.2) is 44.9 Å². The summed E-state index contributed by atoms with van der Waals surface area (Å²) in [5, 5.41) is 0. The van der Waals surface area contributed by atoms with Crippen LogP contribution in [-0.2, 0) is 0 Å². The maximum atomic E-state index is 10.6. The second-order valence-electron chi connectivity index (χ2n) is 5.01. The highest BCUT2D eigenvalue weighted by Crippen LogP contribution is 2.19. The van der Waals surface area contributed by atoms with Crippen LogP contribution in [0.15, 0.2) is 24.3 Å². The monoisotopic (exact) mass is 232 g/mol. The van der Waals surface area contributed by atoms with Crippen LogP contribution < -0.4 is 4.90 Å². The summed E-state index contributed by atoms with van der Waals surface area (Å²) in [6.07, 6.45) is 2.17. The molecule has 0 N–H and O–H groups in total. The molecule has 1 aliphatic rings. The zero-order valence-corrected chi connectivity index (χ0v) is 10.6. The number of carbonyl (C=O) groups is 1. The minimum absolute atomic E-state index is 0.739. The maximum Gasteiger partial charge on any atom is 0.150 e. The van der Waals surface area contributed by atoms with Gasteiger partial charge in [0.2, 0.25) is 0 Å². The van der Waals surface area contributed by atoms with Crippen molar-refractivity contribution in [1.82, 2.24) is 4.90 Å². The fraction of sp³-hybridized carbons (Fsp3) is 0.500. The highest BCUT2D eigenvalue weighted by Gasteiger charge is 2.20. The van der Waals surface area contributed by atoms with E-state index in [0.717, 1.165) is 24.3 Å². The van der Waals surface area contributed by atoms with Crippen molar-refractivity contribution in [3.8, 4) is 0 Å². The Morgan fingerprint density at radius 1 is 1.41 bits per heavy atom. The Morgan fingerprint density at radius 2 is 2.12 bits per heavy atom. The van der Waals surface area contributed by atoms with Crippen LogP contribution in [0.4, 0.5) is 5.69 Å². The van der Waals surface area contributed by atoms with E-state index in [-0.39, 0.29) is 0 Å². The van der Waals surface area contributed by atoms with Gasteiger partial charge in [0.1, 0.15) is 6.29 Å². The highest BCUT2D eigenvalue weighted by molar-refractivity contribution is 5.75. The molecule has 0 radical (unpaired) electrons. The van der Waals surface area contributed by atoms with Crippen LogP contribution in [0.25, 0.3) is 0 Å². The zero-order chi connectivity index (χ0) is 12.3. The number of rotatable bonds is 4. The molecule has 3 nitrogen and oxygen atoms in total. The van der Waals surface area contributed by atoms with Gasteiger partial charge in [-0.05, 0) is 50.2 Å². The van der Waals surface area contributed by atoms with Crippen molar-refractivity contribution in [3.05, 3.63) is 29.8 Å². The molecule has 0 aliphatic carbocycles. The molecule has 1 aromatic carbocycles. The van der Waals surface area contributed by atoms with E-state index in [0.29, 0.717) is 0 Å². The Hall–Kier alpha value is -1.35. The number of carbonyl (C=O) groups excluding carboxylic acids is 1. The Bertz CT molecular complexity index is 374. The minimum Gasteiger partial charge on any atom is -0.374 e. The quantitative estimate of drug-likeness (QED) is 0.741. The van der Waals surface area contributed by atoms with Crippen LogP contribution in [0, 0.1) is 5.92 Å². The smallest absolute Gasteiger partial charge is 0.150 e. The summed E-state index contributed by atoms with van der Waals surface area (Å²) in [7, 11) is 4.30. The normalized spacial score (nSPS) is 20.5. The van der Waals surface area contributed by atoms with E-state index in [2.05, 4.69) is 23.9 Å². The number of hydrogen-bond acceptors (Lipinski definition) is 3. The first-order valence-electron chi connectivity index (χ1n) is 6.14. The molecular formula is C14H20N2O. The molecule has 0 bridgehead atoms. The molecule has 1 fully saturated rings. The minimum atomic E-state index is 0.739. The molecule has 0 saturated carbocycles. The van der Waals surface area contributed by atoms with Crippen molar-refractivity contribution < 1.29 is 4.79 Å². The number of hydrogen-bond donors (Lipinski definition) is 0. The summed E-state index contributed by atoms with van der Waals surface area (Å²) in [5.74, 6) is 0.760. The lowest BCUT2D eigenvalue weighted by Crippen LogP contribution is -2.27. The Balaban J connectivity index is 1.94. The molecule has 0 amide bonds. The predicted octanol–water partition coefficient (Wildman–Crippen LogP) is 1.89. The van der Waals surface area contributed by atoms with Crippen LogP contribution in [0.1, 0.15) is 16.8 Å². The van der Waals surface area contributed by atoms with E-state index in [9.17, 15) is 4.79 Å². The fourth-order valence-corrected chi connectivity index (χ4v) is 2.48. The third-order valence-corrected chi connectivity index (χ3v) is 3.49. The Kier molecular flexibility index (Phi) is 3.79. The van der Waals surface area contributed by atoms with Gasteiger partial charge in [-0.25, -0.2) is 0 Å². The largest absolute Gasteiger partial charge is 0.374 e. The molecule has 1 atom stereocenters. The van der Waals surface area contributed by atoms with E-state index in [1.54, 1.807) is 0 Å². The Labute approximate surface area is 103 Å². The summed E-state index contributed by atoms with van der Waals surface area (Å²) in [6.45, 7) is 3.49. The summed E-state index contributed by atoms with van der Waals surface area (Å²) < 4.78 is 0. The first-order chi connectivity index (χ1) is 8.19. The van der Waals surface area contributed by atoms with Crippen molar-refractivity contribution in [2.24, 2.45) is 5.92 Å². The second kappa shape index (κ2) is 5.32. The van der Waals surface area contributed by atoms with Gasteiger partial charge >= 0.3 is 0 Å². The summed E-state index contributed by atoms with van der Waals surface area (Å²) in [6, 6.07) is 7.78. The topological polar surface area (TPSA) is 23.6 Å². The van der Waals surface area contributed by atoms with Gasteiger partial charge in [0.25, 0.3) is 0 Å². The third kappa shape index (κ3) is 3.07. The number of benzene rings is 1. The van der Waals surface area contributed by atoms with Gasteiger partial charge in [-0.3, -0.25) is 4.79 Å². The van der Waals surface area contributed by atoms with Crippen LogP contribution >= 0.6 is 0 Å². The lowest BCUT2D eigenvalue weighted by molar-refractivity contribution is 0.112. The van der Waals surface area contributed by atoms with Crippen molar-refractivity contribution in [3.63, 3.8) is 0 Å². The molecule has 0 aromatic heterocycles. The molecule has 1 aromatic rings. The van der Waals surface area contributed by atoms with Crippen molar-refractivity contribution in [1.29, 1.82) is 0 Å². The van der Waals surface area contributed by atoms with E-state index >= 15 is 0 Å². The van der Waals surface area contributed by atoms with Gasteiger partial charge in [-0.1, -0.05) is 0 Å². The molecular weight excluding hydrogens is 212 g/mol. The fourth-order valence-electron chi connectivity index (χ4n) is 2.48. The third-order valence-electron chi connectivity index (χ3n) is 3.49. The van der Waals surface area contributed by atoms with Crippen molar-refractivity contribution in [2.75, 3.05) is 38.6 Å². The molecule has 17 heavy (non-hydrogen) atoms. The first kappa shape index (κ1) is 12.1. The standard InChI is InChI=1S/C14H20N2O/c1-15-8-7-13(9-15)10-16(2)14-5-3-12(11-17)4-6-14/h3-6,11,13H,7-10H2,1-2H3. The lowest BCUT2D eigenvalue weighted by atomic mass is 10.1. The van der Waals surface area contributed by atoms with Gasteiger partial charge in [-0.2, -0.15) is 0 Å². The molecule has 2 rings (SSSR count). The SMILES string of the molecule is CN1CCC(CN(C)c2ccc(C=O)cc2)C1. The van der Waals surface area contributed by atoms with E-state index in [4.69, 9.17) is 0 Å². The van der Waals surface area contributed by atoms with Crippen molar-refractivity contribution >= 4 is 12.0 Å². The van der Waals surface area contributed by atoms with Crippen LogP contribution in [0.2, 0.25) is 0 Å². The van der Waals surface area contributed by atoms with Crippen LogP contribution in [0.5, 0.6) is 0 Å². The van der Waals surface area contributed by atoms with Gasteiger partial charge in [0, 0.05) is 31.4 Å². The van der Waals surface area contributed by atoms with Crippen LogP contribution in [0.3, 0.4) is 0 Å². The summed E-state index contributed by atoms with van der Waals surface area (Å²) in [4.78, 5) is 15.2. The van der Waals surface area contributed by atoms with E-state index in [1.165, 1.54) is 25.2 Å². The first-order valence-corrected chi connectivity index (χ1v) is 6.14. The summed E-state index contributed by atoms with van der Waals surface area (Å²) >= 11 is 0. The van der Waals surface area contributed by atoms with Gasteiger partial charge in [0.15, 0.2) is 0 Å². The average molecular weight is 232 g/mol. The number of anilines is 1. The van der Waals surface area contributed by atoms with E-state index in [1.807, 2.05) is 24.3 Å². The molecule has 0 spiro atoms. The predicted molar refractivity (Wildman–Crippen MR) is 70.7 cm³/mol. The van der Waals surface area contributed by atoms with Gasteiger partial charge < -0.3 is 9.80 Å². The number of aldehydes is 1. The maximum absolute atomic E-state index is 10.6. The average Bonchev–Trinajstić information content (AvgIpc) is 2.75. The molecule has 3 heteroatoms. The number of nitrogens with zero attached hydrogens (tertiary/aromatic N) is 2. The highest BCUT2D eigenvalue weighted by atomic mass is 16.1. The van der Waals surface area contributed by atoms with Gasteiger partial charge in [-0.15, -0.1) is 0 Å². The lowest BCUT2D eigenvalue weighted by Gasteiger charge is -2.23. The molecule has 1 unspecified atom stereocenters. The molecule has 1 saturated heterocycles.